The zero-order chi connectivity index (χ0) is 33.3. The maximum Gasteiger partial charge on any atom is 0.248 e. The third kappa shape index (κ3) is 6.73. The molecule has 44 heavy (non-hydrogen) atoms. The van der Waals surface area contributed by atoms with Crippen molar-refractivity contribution in [2.45, 2.75) is 98.2 Å². The molecule has 0 aromatic heterocycles. The Balaban J connectivity index is 2.03. The summed E-state index contributed by atoms with van der Waals surface area (Å²) in [7, 11) is 1.14. The van der Waals surface area contributed by atoms with Crippen LogP contribution in [-0.2, 0) is 28.5 Å². The van der Waals surface area contributed by atoms with Gasteiger partial charge in [-0.3, -0.25) is 9.59 Å². The summed E-state index contributed by atoms with van der Waals surface area (Å²) in [6.07, 6.45) is -19.2. The first kappa shape index (κ1) is 35.7. The molecule has 0 unspecified atom stereocenters. The van der Waals surface area contributed by atoms with E-state index in [9.17, 15) is 50.4 Å². The molecular weight excluding hydrogens is 598 g/mol. The van der Waals surface area contributed by atoms with Gasteiger partial charge in [0.1, 0.15) is 73.6 Å². The van der Waals surface area contributed by atoms with Crippen molar-refractivity contribution >= 4 is 24.1 Å². The summed E-state index contributed by atoms with van der Waals surface area (Å²) < 4.78 is 23.0. The van der Waals surface area contributed by atoms with Crippen LogP contribution >= 0.6 is 0 Å². The van der Waals surface area contributed by atoms with E-state index < -0.39 is 122 Å². The van der Waals surface area contributed by atoms with Gasteiger partial charge in [-0.1, -0.05) is 0 Å². The standard InChI is InChI=1S/C23H41N7O14/c1-6-23(40,5-33)18(44-19-11(30(2)8(34)4-32)15(38)12(35)7(3-31)42-19)20(41-6)43-17-10(29-22(26)27)13(36)9(28-21(24)25)14(37)16(17)39/h5-7,9-20,31-32,35-40H,3-4H2,1-2H3,(H4,24,25,28)(H4,26,27,29)/t6-,7-,9+,10-,11-,12-,13+,14-,15-,16+,17+,18-,19-,20-,23+/m0/s1. The zero-order valence-corrected chi connectivity index (χ0v) is 23.8. The Morgan fingerprint density at radius 1 is 0.886 bits per heavy atom. The molecule has 1 amide bonds. The summed E-state index contributed by atoms with van der Waals surface area (Å²) in [5, 5.41) is 84.2. The van der Waals surface area contributed by atoms with E-state index in [-0.39, 0.29) is 6.29 Å². The second-order valence-electron chi connectivity index (χ2n) is 10.7. The normalized spacial score (nSPS) is 44.0. The zero-order valence-electron chi connectivity index (χ0n) is 23.8. The van der Waals surface area contributed by atoms with Gasteiger partial charge in [-0.15, -0.1) is 0 Å². The largest absolute Gasteiger partial charge is 0.394 e. The Bertz CT molecular complexity index is 1080. The molecule has 0 spiro atoms. The van der Waals surface area contributed by atoms with E-state index in [4.69, 9.17) is 41.9 Å². The van der Waals surface area contributed by atoms with Crippen LogP contribution in [0, 0.1) is 0 Å². The lowest BCUT2D eigenvalue weighted by Gasteiger charge is -2.47. The minimum absolute atomic E-state index is 0.0597. The van der Waals surface area contributed by atoms with E-state index in [1.807, 2.05) is 0 Å². The molecular formula is C23H41N7O14. The van der Waals surface area contributed by atoms with Gasteiger partial charge in [-0.05, 0) is 6.92 Å². The highest BCUT2D eigenvalue weighted by Gasteiger charge is 2.61. The van der Waals surface area contributed by atoms with Gasteiger partial charge in [0.25, 0.3) is 0 Å². The number of hydrogen-bond donors (Lipinski definition) is 12. The number of aldehydes is 1. The molecule has 21 heteroatoms. The van der Waals surface area contributed by atoms with Gasteiger partial charge < -0.3 is 87.6 Å². The van der Waals surface area contributed by atoms with Gasteiger partial charge >= 0.3 is 0 Å². The Labute approximate surface area is 250 Å². The van der Waals surface area contributed by atoms with Crippen LogP contribution in [0.3, 0.4) is 0 Å². The van der Waals surface area contributed by atoms with Crippen molar-refractivity contribution < 1.29 is 69.4 Å². The molecule has 21 nitrogen and oxygen atoms in total. The van der Waals surface area contributed by atoms with E-state index in [0.29, 0.717) is 0 Å². The quantitative estimate of drug-likeness (QED) is 0.0599. The van der Waals surface area contributed by atoms with Crippen molar-refractivity contribution in [1.29, 1.82) is 0 Å². The number of guanidine groups is 2. The fourth-order valence-corrected chi connectivity index (χ4v) is 5.44. The number of aliphatic hydroxyl groups is 8. The number of rotatable bonds is 10. The lowest BCUT2D eigenvalue weighted by atomic mass is 9.81. The first-order valence-electron chi connectivity index (χ1n) is 13.4. The highest BCUT2D eigenvalue weighted by molar-refractivity contribution is 5.77. The molecule has 0 bridgehead atoms. The predicted octanol–water partition coefficient (Wildman–Crippen LogP) is -8.93. The number of nitrogens with zero attached hydrogens (tertiary/aromatic N) is 3. The van der Waals surface area contributed by atoms with Gasteiger partial charge in [0.05, 0.1) is 12.7 Å². The van der Waals surface area contributed by atoms with Gasteiger partial charge in [-0.2, -0.15) is 0 Å². The van der Waals surface area contributed by atoms with E-state index in [1.54, 1.807) is 0 Å². The van der Waals surface area contributed by atoms with Crippen molar-refractivity contribution in [3.05, 3.63) is 0 Å². The summed E-state index contributed by atoms with van der Waals surface area (Å²) in [6.45, 7) is -0.594. The van der Waals surface area contributed by atoms with Crippen molar-refractivity contribution in [1.82, 2.24) is 4.90 Å². The number of aliphatic imine (C=N–C) groups is 2. The van der Waals surface area contributed by atoms with Crippen LogP contribution in [0.25, 0.3) is 0 Å². The van der Waals surface area contributed by atoms with Crippen LogP contribution in [-0.4, -0.2) is 181 Å². The maximum absolute atomic E-state index is 12.3. The first-order chi connectivity index (χ1) is 20.5. The van der Waals surface area contributed by atoms with Crippen molar-refractivity contribution in [2.24, 2.45) is 32.9 Å². The lowest BCUT2D eigenvalue weighted by Crippen LogP contribution is -2.67. The van der Waals surface area contributed by atoms with E-state index in [0.717, 1.165) is 11.9 Å². The van der Waals surface area contributed by atoms with Crippen LogP contribution in [0.4, 0.5) is 0 Å². The fourth-order valence-electron chi connectivity index (χ4n) is 5.44. The highest BCUT2D eigenvalue weighted by Crippen LogP contribution is 2.39. The number of carbonyl (C=O) groups excluding carboxylic acids is 2. The number of ether oxygens (including phenoxy) is 4. The van der Waals surface area contributed by atoms with Crippen molar-refractivity contribution in [3.8, 4) is 0 Å². The molecule has 0 aromatic carbocycles. The van der Waals surface area contributed by atoms with Crippen molar-refractivity contribution in [2.75, 3.05) is 20.3 Å². The summed E-state index contributed by atoms with van der Waals surface area (Å²) in [5.41, 5.74) is 19.3. The Morgan fingerprint density at radius 3 is 2.00 bits per heavy atom. The van der Waals surface area contributed by atoms with E-state index in [2.05, 4.69) is 9.98 Å². The number of likely N-dealkylation sites (N-methyl/N-ethyl adjacent to an activating group) is 1. The molecule has 1 saturated carbocycles. The molecule has 0 aromatic rings. The van der Waals surface area contributed by atoms with Gasteiger partial charge in [0.15, 0.2) is 36.4 Å². The van der Waals surface area contributed by atoms with Crippen LogP contribution in [0.1, 0.15) is 6.92 Å². The third-order valence-electron chi connectivity index (χ3n) is 7.95. The summed E-state index contributed by atoms with van der Waals surface area (Å²) in [4.78, 5) is 32.9. The van der Waals surface area contributed by atoms with Crippen LogP contribution in [0.15, 0.2) is 9.98 Å². The Morgan fingerprint density at radius 2 is 1.48 bits per heavy atom. The van der Waals surface area contributed by atoms with Crippen molar-refractivity contribution in [3.63, 3.8) is 0 Å². The van der Waals surface area contributed by atoms with Crippen LogP contribution in [0.2, 0.25) is 0 Å². The van der Waals surface area contributed by atoms with E-state index in [1.165, 1.54) is 6.92 Å². The predicted molar refractivity (Wildman–Crippen MR) is 144 cm³/mol. The number of carbonyl (C=O) groups is 2. The molecule has 2 saturated heterocycles. The molecule has 3 aliphatic rings. The summed E-state index contributed by atoms with van der Waals surface area (Å²) in [5.74, 6) is -2.06. The minimum atomic E-state index is -2.53. The minimum Gasteiger partial charge on any atom is -0.394 e. The highest BCUT2D eigenvalue weighted by atomic mass is 16.8. The Kier molecular flexibility index (Phi) is 11.4. The SMILES string of the molecule is C[C@@H]1O[C@@H](O[C@H]2[C@H](O)[C@@H](O)[C@H](N=C(N)N)[C@@H](O)[C@@H]2N=C(N)N)[C@H](O[C@@H]2O[C@@H](CO)[C@H](O)[C@@H](O)[C@@H]2N(C)C(=O)CO)[C@@]1(O)C=O. The lowest BCUT2D eigenvalue weighted by molar-refractivity contribution is -0.322. The average Bonchev–Trinajstić information content (AvgIpc) is 3.20. The van der Waals surface area contributed by atoms with Gasteiger partial charge in [0.2, 0.25) is 5.91 Å². The number of nitrogens with two attached hydrogens (primary N) is 4. The smallest absolute Gasteiger partial charge is 0.248 e. The number of amides is 1. The molecule has 15 atom stereocenters. The van der Waals surface area contributed by atoms with Gasteiger partial charge in [-0.25, -0.2) is 9.98 Å². The molecule has 16 N–H and O–H groups in total. The fraction of sp³-hybridized carbons (Fsp3) is 0.826. The topological polar surface area (TPSA) is 365 Å². The van der Waals surface area contributed by atoms with E-state index >= 15 is 0 Å². The summed E-state index contributed by atoms with van der Waals surface area (Å²) in [6, 6.07) is -4.68. The monoisotopic (exact) mass is 639 g/mol. The molecule has 3 rings (SSSR count). The van der Waals surface area contributed by atoms with Crippen LogP contribution in [0.5, 0.6) is 0 Å². The second kappa shape index (κ2) is 14.1. The maximum atomic E-state index is 12.3. The molecule has 252 valence electrons. The number of hydrogen-bond acceptors (Lipinski definition) is 16. The molecule has 0 radical (unpaired) electrons. The third-order valence-corrected chi connectivity index (χ3v) is 7.95. The van der Waals surface area contributed by atoms with Crippen LogP contribution < -0.4 is 22.9 Å². The summed E-state index contributed by atoms with van der Waals surface area (Å²) >= 11 is 0. The molecule has 3 fully saturated rings. The van der Waals surface area contributed by atoms with Gasteiger partial charge in [0, 0.05) is 7.05 Å². The molecule has 1 aliphatic carbocycles. The Hall–Kier alpha value is -2.80. The second-order valence-corrected chi connectivity index (χ2v) is 10.7. The first-order valence-corrected chi connectivity index (χ1v) is 13.4. The average molecular weight is 640 g/mol. The molecule has 2 heterocycles. The molecule has 2 aliphatic heterocycles. The number of aliphatic hydroxyl groups excluding tert-OH is 7.